The number of hydrogen-bond donors (Lipinski definition) is 5. The van der Waals surface area contributed by atoms with Crippen molar-refractivity contribution >= 4 is 5.78 Å². The van der Waals surface area contributed by atoms with Crippen molar-refractivity contribution in [3.63, 3.8) is 0 Å². The maximum Gasteiger partial charge on any atom is 0.174 e. The van der Waals surface area contributed by atoms with Crippen LogP contribution in [0.3, 0.4) is 0 Å². The SMILES string of the molecule is CC(C)=CCc1c(O)c(CC=C(C)C)c2c(c1O)C(=O)C[C@@H](c1cc(O)c(O)cc1O)O2. The molecule has 0 amide bonds. The Hall–Kier alpha value is -3.61. The van der Waals surface area contributed by atoms with Crippen LogP contribution in [0.4, 0.5) is 0 Å². The molecular formula is C25H28O7. The van der Waals surface area contributed by atoms with Gasteiger partial charge in [-0.3, -0.25) is 4.79 Å². The summed E-state index contributed by atoms with van der Waals surface area (Å²) in [5.41, 5.74) is 2.71. The van der Waals surface area contributed by atoms with Gasteiger partial charge in [0.2, 0.25) is 0 Å². The number of ether oxygens (including phenoxy) is 1. The molecule has 7 heteroatoms. The third kappa shape index (κ3) is 4.37. The second kappa shape index (κ2) is 8.86. The molecule has 2 aromatic rings. The van der Waals surface area contributed by atoms with Gasteiger partial charge < -0.3 is 30.3 Å². The Morgan fingerprint density at radius 1 is 0.875 bits per heavy atom. The molecule has 1 aliphatic heterocycles. The molecule has 0 fully saturated rings. The molecule has 0 unspecified atom stereocenters. The third-order valence-electron chi connectivity index (χ3n) is 5.40. The summed E-state index contributed by atoms with van der Waals surface area (Å²) in [6.07, 6.45) is 3.06. The Labute approximate surface area is 186 Å². The fraction of sp³-hybridized carbons (Fsp3) is 0.320. The number of phenolic OH excluding ortho intramolecular Hbond substituents is 5. The zero-order chi connectivity index (χ0) is 23.7. The van der Waals surface area contributed by atoms with Gasteiger partial charge in [-0.05, 0) is 46.6 Å². The van der Waals surface area contributed by atoms with Crippen molar-refractivity contribution in [2.24, 2.45) is 0 Å². The fourth-order valence-electron chi connectivity index (χ4n) is 3.66. The van der Waals surface area contributed by atoms with Gasteiger partial charge in [0.05, 0.1) is 6.42 Å². The van der Waals surface area contributed by atoms with Crippen molar-refractivity contribution in [2.45, 2.75) is 53.1 Å². The van der Waals surface area contributed by atoms with Gasteiger partial charge in [0.1, 0.15) is 34.7 Å². The topological polar surface area (TPSA) is 127 Å². The van der Waals surface area contributed by atoms with E-state index in [0.29, 0.717) is 5.56 Å². The highest BCUT2D eigenvalue weighted by atomic mass is 16.5. The van der Waals surface area contributed by atoms with Gasteiger partial charge in [-0.25, -0.2) is 0 Å². The molecule has 0 radical (unpaired) electrons. The van der Waals surface area contributed by atoms with E-state index in [2.05, 4.69) is 0 Å². The van der Waals surface area contributed by atoms with Gasteiger partial charge in [0.15, 0.2) is 17.3 Å². The first-order valence-electron chi connectivity index (χ1n) is 10.3. The lowest BCUT2D eigenvalue weighted by molar-refractivity contribution is 0.0838. The molecule has 0 spiro atoms. The second-order valence-electron chi connectivity index (χ2n) is 8.46. The van der Waals surface area contributed by atoms with Crippen molar-refractivity contribution in [3.05, 3.63) is 57.7 Å². The molecule has 2 aromatic carbocycles. The van der Waals surface area contributed by atoms with Gasteiger partial charge in [-0.1, -0.05) is 23.3 Å². The standard InChI is InChI=1S/C25H28O7/c1-12(2)5-7-14-23(30)15(8-6-13(3)4)25-22(24(14)31)20(29)11-21(32-25)16-9-18(27)19(28)10-17(16)26/h5-6,9-10,21,26-28,30-31H,7-8,11H2,1-4H3/t21-/m0/s1. The largest absolute Gasteiger partial charge is 0.507 e. The van der Waals surface area contributed by atoms with E-state index in [9.17, 15) is 30.3 Å². The van der Waals surface area contributed by atoms with Gasteiger partial charge in [-0.2, -0.15) is 0 Å². The zero-order valence-corrected chi connectivity index (χ0v) is 18.6. The summed E-state index contributed by atoms with van der Waals surface area (Å²) >= 11 is 0. The predicted octanol–water partition coefficient (Wildman–Crippen LogP) is 4.94. The lowest BCUT2D eigenvalue weighted by Crippen LogP contribution is -2.22. The highest BCUT2D eigenvalue weighted by molar-refractivity contribution is 6.04. The van der Waals surface area contributed by atoms with Gasteiger partial charge in [0.25, 0.3) is 0 Å². The number of aromatic hydroxyl groups is 5. The first-order valence-corrected chi connectivity index (χ1v) is 10.3. The van der Waals surface area contributed by atoms with E-state index in [-0.39, 0.29) is 59.0 Å². The number of phenols is 5. The molecule has 1 aliphatic rings. The quantitative estimate of drug-likeness (QED) is 0.253. The molecule has 0 aromatic heterocycles. The molecule has 32 heavy (non-hydrogen) atoms. The Morgan fingerprint density at radius 2 is 1.44 bits per heavy atom. The Morgan fingerprint density at radius 3 is 2.03 bits per heavy atom. The lowest BCUT2D eigenvalue weighted by atomic mass is 9.88. The summed E-state index contributed by atoms with van der Waals surface area (Å²) in [6.45, 7) is 7.60. The Bertz CT molecular complexity index is 1130. The van der Waals surface area contributed by atoms with E-state index in [1.54, 1.807) is 0 Å². The predicted molar refractivity (Wildman–Crippen MR) is 120 cm³/mol. The van der Waals surface area contributed by atoms with Gasteiger partial charge >= 0.3 is 0 Å². The minimum Gasteiger partial charge on any atom is -0.507 e. The van der Waals surface area contributed by atoms with E-state index in [4.69, 9.17) is 4.74 Å². The maximum atomic E-state index is 13.1. The third-order valence-corrected chi connectivity index (χ3v) is 5.40. The molecule has 0 bridgehead atoms. The number of carbonyl (C=O) groups is 1. The van der Waals surface area contributed by atoms with Crippen molar-refractivity contribution in [1.29, 1.82) is 0 Å². The van der Waals surface area contributed by atoms with Crippen molar-refractivity contribution in [1.82, 2.24) is 0 Å². The monoisotopic (exact) mass is 440 g/mol. The molecule has 3 rings (SSSR count). The minimum absolute atomic E-state index is 0.00384. The smallest absolute Gasteiger partial charge is 0.174 e. The first-order chi connectivity index (χ1) is 15.0. The van der Waals surface area contributed by atoms with Crippen LogP contribution in [0.25, 0.3) is 0 Å². The zero-order valence-electron chi connectivity index (χ0n) is 18.6. The van der Waals surface area contributed by atoms with E-state index in [1.165, 1.54) is 0 Å². The summed E-state index contributed by atoms with van der Waals surface area (Å²) in [5, 5.41) is 51.6. The van der Waals surface area contributed by atoms with Crippen LogP contribution in [0.15, 0.2) is 35.4 Å². The second-order valence-corrected chi connectivity index (χ2v) is 8.46. The van der Waals surface area contributed by atoms with Crippen LogP contribution in [0.5, 0.6) is 34.5 Å². The number of Topliss-reactive ketones (excluding diaryl/α,β-unsaturated/α-hetero) is 1. The van der Waals surface area contributed by atoms with E-state index >= 15 is 0 Å². The van der Waals surface area contributed by atoms with E-state index in [1.807, 2.05) is 39.8 Å². The Balaban J connectivity index is 2.19. The van der Waals surface area contributed by atoms with E-state index in [0.717, 1.165) is 23.3 Å². The molecule has 170 valence electrons. The minimum atomic E-state index is -0.977. The number of rotatable bonds is 5. The molecule has 0 saturated carbocycles. The Kier molecular flexibility index (Phi) is 6.39. The molecule has 1 atom stereocenters. The number of carbonyl (C=O) groups excluding carboxylic acids is 1. The molecule has 0 aliphatic carbocycles. The lowest BCUT2D eigenvalue weighted by Gasteiger charge is -2.30. The number of ketones is 1. The van der Waals surface area contributed by atoms with Crippen LogP contribution in [0.2, 0.25) is 0 Å². The van der Waals surface area contributed by atoms with Crippen LogP contribution in [0.1, 0.15) is 67.3 Å². The normalized spacial score (nSPS) is 15.0. The molecule has 7 nitrogen and oxygen atoms in total. The number of hydrogen-bond acceptors (Lipinski definition) is 7. The van der Waals surface area contributed by atoms with Crippen LogP contribution >= 0.6 is 0 Å². The van der Waals surface area contributed by atoms with Crippen LogP contribution < -0.4 is 4.74 Å². The molecule has 1 heterocycles. The number of allylic oxidation sites excluding steroid dienone is 4. The molecular weight excluding hydrogens is 412 g/mol. The number of benzene rings is 2. The summed E-state index contributed by atoms with van der Waals surface area (Å²) in [4.78, 5) is 13.1. The van der Waals surface area contributed by atoms with Crippen molar-refractivity contribution in [3.8, 4) is 34.5 Å². The van der Waals surface area contributed by atoms with Gasteiger partial charge in [-0.15, -0.1) is 0 Å². The van der Waals surface area contributed by atoms with E-state index < -0.39 is 23.4 Å². The highest BCUT2D eigenvalue weighted by Crippen LogP contribution is 2.50. The van der Waals surface area contributed by atoms with Crippen LogP contribution in [-0.4, -0.2) is 31.3 Å². The number of fused-ring (bicyclic) bond motifs is 1. The average molecular weight is 440 g/mol. The van der Waals surface area contributed by atoms with Crippen molar-refractivity contribution < 1.29 is 35.1 Å². The van der Waals surface area contributed by atoms with Crippen LogP contribution in [0, 0.1) is 0 Å². The summed E-state index contributed by atoms with van der Waals surface area (Å²) in [5.74, 6) is -2.16. The van der Waals surface area contributed by atoms with Gasteiger partial charge in [0, 0.05) is 22.8 Å². The highest BCUT2D eigenvalue weighted by Gasteiger charge is 2.36. The molecule has 5 N–H and O–H groups in total. The summed E-state index contributed by atoms with van der Waals surface area (Å²) in [6, 6.07) is 2.10. The average Bonchev–Trinajstić information content (AvgIpc) is 2.69. The van der Waals surface area contributed by atoms with Crippen molar-refractivity contribution in [2.75, 3.05) is 0 Å². The van der Waals surface area contributed by atoms with Crippen LogP contribution in [-0.2, 0) is 12.8 Å². The summed E-state index contributed by atoms with van der Waals surface area (Å²) < 4.78 is 6.03. The maximum absolute atomic E-state index is 13.1. The fourth-order valence-corrected chi connectivity index (χ4v) is 3.66. The first kappa shape index (κ1) is 23.1. The summed E-state index contributed by atoms with van der Waals surface area (Å²) in [7, 11) is 0. The molecule has 0 saturated heterocycles.